The number of sulfone groups is 1. The standard InChI is InChI=1S/C24H38N4O4S/c1-5-20(4)28(21-9-14-33(31,32)17-21)23(30)16-27-12-10-26(11-13-27)15-22(29)25-24-18(2)7-6-8-19(24)3/h6-8,20-21H,5,9-17H2,1-4H3,(H,25,29)/t20-,21-/m1/s1. The van der Waals surface area contributed by atoms with Crippen molar-refractivity contribution >= 4 is 27.3 Å². The van der Waals surface area contributed by atoms with E-state index < -0.39 is 9.84 Å². The molecule has 0 saturated carbocycles. The molecule has 2 aliphatic rings. The lowest BCUT2D eigenvalue weighted by Gasteiger charge is -2.38. The van der Waals surface area contributed by atoms with Crippen LogP contribution >= 0.6 is 0 Å². The van der Waals surface area contributed by atoms with E-state index >= 15 is 0 Å². The molecule has 2 atom stereocenters. The monoisotopic (exact) mass is 478 g/mol. The molecule has 8 nitrogen and oxygen atoms in total. The minimum atomic E-state index is -3.05. The smallest absolute Gasteiger partial charge is 0.238 e. The van der Waals surface area contributed by atoms with Gasteiger partial charge in [0.2, 0.25) is 11.8 Å². The summed E-state index contributed by atoms with van der Waals surface area (Å²) in [5.74, 6) is 0.225. The summed E-state index contributed by atoms with van der Waals surface area (Å²) in [6, 6.07) is 5.76. The first-order valence-corrected chi connectivity index (χ1v) is 13.7. The van der Waals surface area contributed by atoms with Crippen LogP contribution in [0.2, 0.25) is 0 Å². The normalized spacial score (nSPS) is 22.1. The lowest BCUT2D eigenvalue weighted by Crippen LogP contribution is -2.54. The Kier molecular flexibility index (Phi) is 8.53. The highest BCUT2D eigenvalue weighted by molar-refractivity contribution is 7.91. The fourth-order valence-corrected chi connectivity index (χ4v) is 6.48. The third-order valence-corrected chi connectivity index (χ3v) is 8.64. The number of amides is 2. The number of carbonyl (C=O) groups excluding carboxylic acids is 2. The van der Waals surface area contributed by atoms with Gasteiger partial charge in [-0.3, -0.25) is 19.4 Å². The van der Waals surface area contributed by atoms with Gasteiger partial charge < -0.3 is 10.2 Å². The second kappa shape index (κ2) is 11.0. The number of hydrogen-bond acceptors (Lipinski definition) is 6. The van der Waals surface area contributed by atoms with Gasteiger partial charge in [0.15, 0.2) is 9.84 Å². The van der Waals surface area contributed by atoms with E-state index in [2.05, 4.69) is 15.1 Å². The molecule has 0 spiro atoms. The highest BCUT2D eigenvalue weighted by Crippen LogP contribution is 2.22. The van der Waals surface area contributed by atoms with Crippen molar-refractivity contribution in [2.24, 2.45) is 0 Å². The molecule has 0 radical (unpaired) electrons. The first-order chi connectivity index (χ1) is 15.6. The molecule has 9 heteroatoms. The van der Waals surface area contributed by atoms with Gasteiger partial charge >= 0.3 is 0 Å². The predicted molar refractivity (Wildman–Crippen MR) is 131 cm³/mol. The molecule has 1 aromatic carbocycles. The summed E-state index contributed by atoms with van der Waals surface area (Å²) in [5.41, 5.74) is 2.98. The van der Waals surface area contributed by atoms with Crippen LogP contribution in [0.3, 0.4) is 0 Å². The van der Waals surface area contributed by atoms with Crippen LogP contribution in [-0.4, -0.2) is 97.8 Å². The van der Waals surface area contributed by atoms with Crippen LogP contribution in [0.25, 0.3) is 0 Å². The highest BCUT2D eigenvalue weighted by atomic mass is 32.2. The van der Waals surface area contributed by atoms with Crippen molar-refractivity contribution in [1.82, 2.24) is 14.7 Å². The summed E-state index contributed by atoms with van der Waals surface area (Å²) in [5, 5.41) is 3.04. The first kappa shape index (κ1) is 25.6. The topological polar surface area (TPSA) is 90.0 Å². The molecule has 0 unspecified atom stereocenters. The first-order valence-electron chi connectivity index (χ1n) is 11.9. The van der Waals surface area contributed by atoms with Gasteiger partial charge in [0.25, 0.3) is 0 Å². The van der Waals surface area contributed by atoms with E-state index in [0.29, 0.717) is 45.7 Å². The highest BCUT2D eigenvalue weighted by Gasteiger charge is 2.37. The zero-order chi connectivity index (χ0) is 24.2. The number of para-hydroxylation sites is 1. The maximum atomic E-state index is 13.1. The summed E-state index contributed by atoms with van der Waals surface area (Å²) in [7, 11) is -3.05. The van der Waals surface area contributed by atoms with E-state index in [0.717, 1.165) is 23.2 Å². The maximum Gasteiger partial charge on any atom is 0.238 e. The van der Waals surface area contributed by atoms with Crippen LogP contribution in [0.1, 0.15) is 37.8 Å². The minimum absolute atomic E-state index is 0.00710. The van der Waals surface area contributed by atoms with E-state index in [9.17, 15) is 18.0 Å². The van der Waals surface area contributed by atoms with Gasteiger partial charge in [0.1, 0.15) is 0 Å². The lowest BCUT2D eigenvalue weighted by molar-refractivity contribution is -0.137. The maximum absolute atomic E-state index is 13.1. The molecule has 2 aliphatic heterocycles. The average Bonchev–Trinajstić information content (AvgIpc) is 3.11. The number of nitrogens with zero attached hydrogens (tertiary/aromatic N) is 3. The fourth-order valence-electron chi connectivity index (χ4n) is 4.77. The Morgan fingerprint density at radius 1 is 1.09 bits per heavy atom. The molecule has 2 saturated heterocycles. The van der Waals surface area contributed by atoms with Gasteiger partial charge in [-0.1, -0.05) is 25.1 Å². The minimum Gasteiger partial charge on any atom is -0.335 e. The number of anilines is 1. The number of rotatable bonds is 8. The number of benzene rings is 1. The molecule has 2 amide bonds. The Hall–Kier alpha value is -1.97. The number of carbonyl (C=O) groups is 2. The molecule has 0 bridgehead atoms. The zero-order valence-corrected chi connectivity index (χ0v) is 21.2. The largest absolute Gasteiger partial charge is 0.335 e. The Balaban J connectivity index is 1.49. The van der Waals surface area contributed by atoms with Crippen LogP contribution in [0, 0.1) is 13.8 Å². The summed E-state index contributed by atoms with van der Waals surface area (Å²) < 4.78 is 23.9. The third kappa shape index (κ3) is 6.77. The number of nitrogens with one attached hydrogen (secondary N) is 1. The van der Waals surface area contributed by atoms with Gasteiger partial charge in [-0.05, 0) is 44.7 Å². The van der Waals surface area contributed by atoms with Crippen molar-refractivity contribution in [3.05, 3.63) is 29.3 Å². The van der Waals surface area contributed by atoms with Gasteiger partial charge in [0, 0.05) is 44.0 Å². The molecule has 1 N–H and O–H groups in total. The zero-order valence-electron chi connectivity index (χ0n) is 20.3. The van der Waals surface area contributed by atoms with Crippen molar-refractivity contribution in [2.45, 2.75) is 52.6 Å². The summed E-state index contributed by atoms with van der Waals surface area (Å²) in [6.07, 6.45) is 1.33. The molecular formula is C24H38N4O4S. The second-order valence-corrected chi connectivity index (χ2v) is 11.7. The van der Waals surface area contributed by atoms with Crippen molar-refractivity contribution in [3.63, 3.8) is 0 Å². The molecule has 0 aliphatic carbocycles. The van der Waals surface area contributed by atoms with Gasteiger partial charge in [-0.25, -0.2) is 8.42 Å². The van der Waals surface area contributed by atoms with Crippen LogP contribution in [0.4, 0.5) is 5.69 Å². The average molecular weight is 479 g/mol. The van der Waals surface area contributed by atoms with Crippen molar-refractivity contribution in [2.75, 3.05) is 56.1 Å². The molecule has 3 rings (SSSR count). The quantitative estimate of drug-likeness (QED) is 0.611. The van der Waals surface area contributed by atoms with Crippen LogP contribution in [0.15, 0.2) is 18.2 Å². The van der Waals surface area contributed by atoms with Gasteiger partial charge in [0.05, 0.1) is 24.6 Å². The van der Waals surface area contributed by atoms with E-state index in [1.54, 1.807) is 0 Å². The van der Waals surface area contributed by atoms with Crippen LogP contribution in [0.5, 0.6) is 0 Å². The Morgan fingerprint density at radius 3 is 2.18 bits per heavy atom. The Bertz CT molecular complexity index is 937. The van der Waals surface area contributed by atoms with Gasteiger partial charge in [-0.15, -0.1) is 0 Å². The van der Waals surface area contributed by atoms with Crippen molar-refractivity contribution in [1.29, 1.82) is 0 Å². The number of aryl methyl sites for hydroxylation is 2. The van der Waals surface area contributed by atoms with E-state index in [1.807, 2.05) is 50.8 Å². The van der Waals surface area contributed by atoms with Crippen molar-refractivity contribution < 1.29 is 18.0 Å². The number of hydrogen-bond donors (Lipinski definition) is 1. The Labute approximate surface area is 198 Å². The summed E-state index contributed by atoms with van der Waals surface area (Å²) >= 11 is 0. The van der Waals surface area contributed by atoms with Gasteiger partial charge in [-0.2, -0.15) is 0 Å². The van der Waals surface area contributed by atoms with E-state index in [-0.39, 0.29) is 35.4 Å². The lowest BCUT2D eigenvalue weighted by atomic mass is 10.1. The molecule has 2 fully saturated rings. The van der Waals surface area contributed by atoms with E-state index in [1.165, 1.54) is 0 Å². The summed E-state index contributed by atoms with van der Waals surface area (Å²) in [6.45, 7) is 11.5. The van der Waals surface area contributed by atoms with Crippen LogP contribution in [-0.2, 0) is 19.4 Å². The molecule has 0 aromatic heterocycles. The summed E-state index contributed by atoms with van der Waals surface area (Å²) in [4.78, 5) is 31.8. The number of piperazine rings is 1. The van der Waals surface area contributed by atoms with Crippen LogP contribution < -0.4 is 5.32 Å². The molecular weight excluding hydrogens is 440 g/mol. The predicted octanol–water partition coefficient (Wildman–Crippen LogP) is 1.67. The SMILES string of the molecule is CC[C@@H](C)N(C(=O)CN1CCN(CC(=O)Nc2c(C)cccc2C)CC1)[C@@H]1CCS(=O)(=O)C1. The molecule has 1 aromatic rings. The molecule has 33 heavy (non-hydrogen) atoms. The Morgan fingerprint density at radius 2 is 1.67 bits per heavy atom. The molecule has 184 valence electrons. The van der Waals surface area contributed by atoms with E-state index in [4.69, 9.17) is 0 Å². The third-order valence-electron chi connectivity index (χ3n) is 6.89. The fraction of sp³-hybridized carbons (Fsp3) is 0.667. The van der Waals surface area contributed by atoms with Crippen molar-refractivity contribution in [3.8, 4) is 0 Å². The molecule has 2 heterocycles. The second-order valence-electron chi connectivity index (χ2n) is 9.48.